The normalized spacial score (nSPS) is 10.1. The molecule has 0 spiro atoms. The van der Waals surface area contributed by atoms with Crippen molar-refractivity contribution in [1.82, 2.24) is 9.97 Å². The molecule has 0 unspecified atom stereocenters. The molecular formula is C15H16N4O2. The molecule has 2 aromatic rings. The van der Waals surface area contributed by atoms with Gasteiger partial charge >= 0.3 is 0 Å². The summed E-state index contributed by atoms with van der Waals surface area (Å²) < 4.78 is 0. The van der Waals surface area contributed by atoms with Gasteiger partial charge in [0.25, 0.3) is 0 Å². The topological polar surface area (TPSA) is 93.3 Å². The van der Waals surface area contributed by atoms with Crippen molar-refractivity contribution in [1.29, 1.82) is 5.26 Å². The van der Waals surface area contributed by atoms with Crippen LogP contribution in [-0.2, 0) is 0 Å². The molecule has 2 N–H and O–H groups in total. The summed E-state index contributed by atoms with van der Waals surface area (Å²) in [5.74, 6) is 0.471. The monoisotopic (exact) mass is 284 g/mol. The van der Waals surface area contributed by atoms with Crippen LogP contribution in [0.5, 0.6) is 0 Å². The molecule has 2 aromatic heterocycles. The third-order valence-electron chi connectivity index (χ3n) is 3.04. The fourth-order valence-electron chi connectivity index (χ4n) is 2.06. The first-order valence-corrected chi connectivity index (χ1v) is 6.57. The summed E-state index contributed by atoms with van der Waals surface area (Å²) in [6, 6.07) is 7.56. The molecule has 6 heteroatoms. The molecule has 0 fully saturated rings. The Labute approximate surface area is 122 Å². The first-order chi connectivity index (χ1) is 10.3. The second kappa shape index (κ2) is 7.33. The van der Waals surface area contributed by atoms with Gasteiger partial charge in [-0.05, 0) is 23.8 Å². The van der Waals surface area contributed by atoms with E-state index in [1.807, 2.05) is 12.1 Å². The van der Waals surface area contributed by atoms with Gasteiger partial charge in [-0.1, -0.05) is 0 Å². The lowest BCUT2D eigenvalue weighted by Crippen LogP contribution is -2.31. The quantitative estimate of drug-likeness (QED) is 0.815. The van der Waals surface area contributed by atoms with Crippen LogP contribution in [0, 0.1) is 11.3 Å². The molecule has 6 nitrogen and oxygen atoms in total. The van der Waals surface area contributed by atoms with Gasteiger partial charge in [-0.25, -0.2) is 4.98 Å². The highest BCUT2D eigenvalue weighted by molar-refractivity contribution is 5.67. The maximum Gasteiger partial charge on any atom is 0.146 e. The SMILES string of the molecule is N#Cc1cc(-c2ccncc2)cnc1N(CCO)CCO. The van der Waals surface area contributed by atoms with Gasteiger partial charge in [-0.15, -0.1) is 0 Å². The van der Waals surface area contributed by atoms with E-state index < -0.39 is 0 Å². The van der Waals surface area contributed by atoms with Gasteiger partial charge in [-0.2, -0.15) is 5.26 Å². The zero-order valence-corrected chi connectivity index (χ0v) is 11.5. The summed E-state index contributed by atoms with van der Waals surface area (Å²) in [6.45, 7) is 0.491. The van der Waals surface area contributed by atoms with Crippen molar-refractivity contribution in [3.8, 4) is 17.2 Å². The van der Waals surface area contributed by atoms with Gasteiger partial charge in [0.1, 0.15) is 11.9 Å². The molecule has 0 bridgehead atoms. The van der Waals surface area contributed by atoms with Gasteiger partial charge in [0.2, 0.25) is 0 Å². The van der Waals surface area contributed by atoms with Gasteiger partial charge in [0, 0.05) is 37.2 Å². The maximum atomic E-state index is 9.32. The summed E-state index contributed by atoms with van der Waals surface area (Å²) in [4.78, 5) is 9.97. The van der Waals surface area contributed by atoms with Crippen LogP contribution in [0.4, 0.5) is 5.82 Å². The number of rotatable bonds is 6. The first-order valence-electron chi connectivity index (χ1n) is 6.57. The van der Waals surface area contributed by atoms with Gasteiger partial charge in [0.05, 0.1) is 18.8 Å². The number of anilines is 1. The minimum atomic E-state index is -0.0708. The third kappa shape index (κ3) is 3.54. The molecular weight excluding hydrogens is 268 g/mol. The molecule has 0 saturated heterocycles. The molecule has 0 aliphatic carbocycles. The Bertz CT molecular complexity index is 619. The van der Waals surface area contributed by atoms with E-state index >= 15 is 0 Å². The number of hydrogen-bond acceptors (Lipinski definition) is 6. The van der Waals surface area contributed by atoms with E-state index in [0.29, 0.717) is 24.5 Å². The van der Waals surface area contributed by atoms with Crippen LogP contribution in [-0.4, -0.2) is 46.5 Å². The standard InChI is InChI=1S/C15H16N4O2/c16-10-13-9-14(12-1-3-17-4-2-12)11-18-15(13)19(5-7-20)6-8-21/h1-4,9,11,20-21H,5-8H2. The average molecular weight is 284 g/mol. The molecule has 0 aliphatic rings. The van der Waals surface area contributed by atoms with Crippen LogP contribution in [0.3, 0.4) is 0 Å². The fourth-order valence-corrected chi connectivity index (χ4v) is 2.06. The van der Waals surface area contributed by atoms with E-state index in [9.17, 15) is 5.26 Å². The zero-order chi connectivity index (χ0) is 15.1. The van der Waals surface area contributed by atoms with Crippen LogP contribution in [0.1, 0.15) is 5.56 Å². The number of nitriles is 1. The number of aromatic nitrogens is 2. The van der Waals surface area contributed by atoms with Crippen LogP contribution < -0.4 is 4.90 Å². The van der Waals surface area contributed by atoms with Crippen molar-refractivity contribution in [2.24, 2.45) is 0 Å². The Morgan fingerprint density at radius 1 is 1.10 bits per heavy atom. The van der Waals surface area contributed by atoms with Crippen LogP contribution in [0.15, 0.2) is 36.8 Å². The van der Waals surface area contributed by atoms with E-state index in [1.165, 1.54) is 0 Å². The molecule has 0 atom stereocenters. The van der Waals surface area contributed by atoms with Crippen LogP contribution in [0.2, 0.25) is 0 Å². The Hall–Kier alpha value is -2.49. The van der Waals surface area contributed by atoms with Crippen molar-refractivity contribution in [2.75, 3.05) is 31.2 Å². The molecule has 108 valence electrons. The molecule has 0 amide bonds. The van der Waals surface area contributed by atoms with Crippen LogP contribution in [0.25, 0.3) is 11.1 Å². The largest absolute Gasteiger partial charge is 0.395 e. The smallest absolute Gasteiger partial charge is 0.146 e. The molecule has 0 radical (unpaired) electrons. The lowest BCUT2D eigenvalue weighted by atomic mass is 10.1. The van der Waals surface area contributed by atoms with E-state index in [0.717, 1.165) is 11.1 Å². The number of nitrogens with zero attached hydrogens (tertiary/aromatic N) is 4. The Balaban J connectivity index is 2.39. The van der Waals surface area contributed by atoms with Gasteiger partial charge in [-0.3, -0.25) is 4.98 Å². The molecule has 2 rings (SSSR count). The zero-order valence-electron chi connectivity index (χ0n) is 11.5. The molecule has 0 aliphatic heterocycles. The lowest BCUT2D eigenvalue weighted by molar-refractivity contribution is 0.280. The van der Waals surface area contributed by atoms with Crippen molar-refractivity contribution < 1.29 is 10.2 Å². The van der Waals surface area contributed by atoms with Crippen molar-refractivity contribution in [3.63, 3.8) is 0 Å². The van der Waals surface area contributed by atoms with E-state index in [-0.39, 0.29) is 13.2 Å². The number of aliphatic hydroxyl groups excluding tert-OH is 2. The summed E-state index contributed by atoms with van der Waals surface area (Å²) in [5.41, 5.74) is 2.16. The van der Waals surface area contributed by atoms with Crippen molar-refractivity contribution in [2.45, 2.75) is 0 Å². The fraction of sp³-hybridized carbons (Fsp3) is 0.267. The number of aliphatic hydroxyl groups is 2. The third-order valence-corrected chi connectivity index (χ3v) is 3.04. The maximum absolute atomic E-state index is 9.32. The van der Waals surface area contributed by atoms with Crippen LogP contribution >= 0.6 is 0 Å². The molecule has 0 saturated carbocycles. The minimum absolute atomic E-state index is 0.0708. The average Bonchev–Trinajstić information content (AvgIpc) is 2.55. The van der Waals surface area contributed by atoms with E-state index in [4.69, 9.17) is 10.2 Å². The summed E-state index contributed by atoms with van der Waals surface area (Å²) in [6.07, 6.45) is 5.03. The van der Waals surface area contributed by atoms with E-state index in [1.54, 1.807) is 29.6 Å². The number of pyridine rings is 2. The predicted octanol–water partition coefficient (Wildman–Crippen LogP) is 0.806. The van der Waals surface area contributed by atoms with Crippen molar-refractivity contribution in [3.05, 3.63) is 42.4 Å². The molecule has 21 heavy (non-hydrogen) atoms. The predicted molar refractivity (Wildman–Crippen MR) is 78.6 cm³/mol. The lowest BCUT2D eigenvalue weighted by Gasteiger charge is -2.22. The van der Waals surface area contributed by atoms with E-state index in [2.05, 4.69) is 16.0 Å². The second-order valence-electron chi connectivity index (χ2n) is 4.38. The Morgan fingerprint density at radius 3 is 2.33 bits per heavy atom. The summed E-state index contributed by atoms with van der Waals surface area (Å²) in [5, 5.41) is 27.5. The Kier molecular flexibility index (Phi) is 5.21. The second-order valence-corrected chi connectivity index (χ2v) is 4.38. The highest BCUT2D eigenvalue weighted by Gasteiger charge is 2.13. The highest BCUT2D eigenvalue weighted by Crippen LogP contribution is 2.24. The first kappa shape index (κ1) is 14.9. The number of hydrogen-bond donors (Lipinski definition) is 2. The molecule has 2 heterocycles. The Morgan fingerprint density at radius 2 is 1.76 bits per heavy atom. The molecule has 0 aromatic carbocycles. The summed E-state index contributed by atoms with van der Waals surface area (Å²) in [7, 11) is 0. The minimum Gasteiger partial charge on any atom is -0.395 e. The highest BCUT2D eigenvalue weighted by atomic mass is 16.3. The summed E-state index contributed by atoms with van der Waals surface area (Å²) >= 11 is 0. The van der Waals surface area contributed by atoms with Gasteiger partial charge in [0.15, 0.2) is 0 Å². The van der Waals surface area contributed by atoms with Gasteiger partial charge < -0.3 is 15.1 Å². The van der Waals surface area contributed by atoms with Crippen molar-refractivity contribution >= 4 is 5.82 Å².